The lowest BCUT2D eigenvalue weighted by molar-refractivity contribution is 0.0357. The quantitative estimate of drug-likeness (QED) is 0.350. The van der Waals surface area contributed by atoms with Gasteiger partial charge in [0.25, 0.3) is 0 Å². The first kappa shape index (κ1) is 28.0. The summed E-state index contributed by atoms with van der Waals surface area (Å²) < 4.78 is 11.4. The minimum atomic E-state index is -0.608. The number of aliphatic hydroxyl groups excluding tert-OH is 1. The van der Waals surface area contributed by atoms with Crippen molar-refractivity contribution in [2.24, 2.45) is 11.8 Å². The number of rotatable bonds is 11. The first-order valence-corrected chi connectivity index (χ1v) is 13.6. The number of aliphatic hydroxyl groups is 1. The molecule has 0 spiro atoms. The third kappa shape index (κ3) is 10.2. The highest BCUT2D eigenvalue weighted by molar-refractivity contribution is 5.68. The van der Waals surface area contributed by atoms with Crippen LogP contribution in [0.15, 0.2) is 54.6 Å². The number of carbonyl (C=O) groups excluding carboxylic acids is 1. The normalized spacial score (nSPS) is 17.1. The number of ether oxygens (including phenoxy) is 2. The molecule has 0 heterocycles. The molecule has 1 aliphatic carbocycles. The standard InChI is InChI=1S/C31H45NO4/c1-23(19-25-15-17-27(18-16-25)35-22-26-13-9-6-10-14-26)20-29(33)28(21-24-11-7-5-8-12-24)32-30(34)36-31(2,3)4/h6,9-10,13-18,23-24,28-29,33H,5,7-8,11-12,19-22H2,1-4H3,(H,32,34)/t23-,28+,29+/m1/s1. The zero-order valence-corrected chi connectivity index (χ0v) is 22.5. The molecule has 1 saturated carbocycles. The lowest BCUT2D eigenvalue weighted by Gasteiger charge is -2.32. The highest BCUT2D eigenvalue weighted by Gasteiger charge is 2.29. The van der Waals surface area contributed by atoms with Gasteiger partial charge in [0.15, 0.2) is 0 Å². The zero-order valence-electron chi connectivity index (χ0n) is 22.5. The van der Waals surface area contributed by atoms with Crippen molar-refractivity contribution in [3.8, 4) is 5.75 Å². The first-order valence-electron chi connectivity index (χ1n) is 13.6. The summed E-state index contributed by atoms with van der Waals surface area (Å²) in [6.45, 7) is 8.29. The van der Waals surface area contributed by atoms with Crippen LogP contribution < -0.4 is 10.1 Å². The van der Waals surface area contributed by atoms with Crippen LogP contribution in [0.1, 0.15) is 83.8 Å². The van der Waals surface area contributed by atoms with E-state index in [1.807, 2.05) is 51.1 Å². The van der Waals surface area contributed by atoms with Gasteiger partial charge in [0.1, 0.15) is 18.0 Å². The van der Waals surface area contributed by atoms with E-state index in [-0.39, 0.29) is 12.0 Å². The van der Waals surface area contributed by atoms with E-state index in [2.05, 4.69) is 36.5 Å². The number of hydrogen-bond acceptors (Lipinski definition) is 4. The van der Waals surface area contributed by atoms with Crippen LogP contribution in [0.5, 0.6) is 5.75 Å². The van der Waals surface area contributed by atoms with Crippen LogP contribution in [-0.2, 0) is 17.8 Å². The maximum Gasteiger partial charge on any atom is 0.407 e. The van der Waals surface area contributed by atoms with Crippen LogP contribution in [-0.4, -0.2) is 28.9 Å². The summed E-state index contributed by atoms with van der Waals surface area (Å²) in [5.41, 5.74) is 1.80. The van der Waals surface area contributed by atoms with Crippen LogP contribution >= 0.6 is 0 Å². The summed E-state index contributed by atoms with van der Waals surface area (Å²) in [6, 6.07) is 18.1. The molecule has 2 aromatic rings. The Kier molecular flexibility index (Phi) is 10.7. The first-order chi connectivity index (χ1) is 17.2. The number of hydrogen-bond donors (Lipinski definition) is 2. The monoisotopic (exact) mass is 495 g/mol. The third-order valence-electron chi connectivity index (χ3n) is 6.88. The Hall–Kier alpha value is -2.53. The average molecular weight is 496 g/mol. The molecule has 0 aromatic heterocycles. The van der Waals surface area contributed by atoms with Crippen molar-refractivity contribution < 1.29 is 19.4 Å². The Morgan fingerprint density at radius 1 is 1.00 bits per heavy atom. The van der Waals surface area contributed by atoms with E-state index in [0.717, 1.165) is 24.2 Å². The maximum absolute atomic E-state index is 12.5. The second-order valence-electron chi connectivity index (χ2n) is 11.5. The molecular weight excluding hydrogens is 450 g/mol. The second-order valence-corrected chi connectivity index (χ2v) is 11.5. The Morgan fingerprint density at radius 3 is 2.31 bits per heavy atom. The van der Waals surface area contributed by atoms with E-state index in [1.54, 1.807) is 0 Å². The molecule has 1 aliphatic rings. The lowest BCUT2D eigenvalue weighted by atomic mass is 9.82. The van der Waals surface area contributed by atoms with Crippen molar-refractivity contribution in [1.82, 2.24) is 5.32 Å². The van der Waals surface area contributed by atoms with Crippen molar-refractivity contribution in [2.45, 2.75) is 103 Å². The third-order valence-corrected chi connectivity index (χ3v) is 6.88. The highest BCUT2D eigenvalue weighted by atomic mass is 16.6. The summed E-state index contributed by atoms with van der Waals surface area (Å²) in [4.78, 5) is 12.5. The van der Waals surface area contributed by atoms with Crippen molar-refractivity contribution in [1.29, 1.82) is 0 Å². The van der Waals surface area contributed by atoms with Crippen LogP contribution in [0.3, 0.4) is 0 Å². The Bertz CT molecular complexity index is 900. The summed E-state index contributed by atoms with van der Waals surface area (Å²) >= 11 is 0. The summed E-state index contributed by atoms with van der Waals surface area (Å²) in [6.07, 6.45) is 7.35. The van der Waals surface area contributed by atoms with Gasteiger partial charge in [-0.3, -0.25) is 0 Å². The topological polar surface area (TPSA) is 67.8 Å². The smallest absolute Gasteiger partial charge is 0.407 e. The number of nitrogens with one attached hydrogen (secondary N) is 1. The molecule has 3 atom stereocenters. The molecule has 0 bridgehead atoms. The van der Waals surface area contributed by atoms with E-state index in [1.165, 1.54) is 37.7 Å². The molecular formula is C31H45NO4. The van der Waals surface area contributed by atoms with E-state index in [0.29, 0.717) is 18.9 Å². The van der Waals surface area contributed by atoms with Gasteiger partial charge >= 0.3 is 6.09 Å². The molecule has 0 unspecified atom stereocenters. The van der Waals surface area contributed by atoms with Crippen molar-refractivity contribution in [3.05, 3.63) is 65.7 Å². The summed E-state index contributed by atoms with van der Waals surface area (Å²) in [5, 5.41) is 14.2. The predicted molar refractivity (Wildman–Crippen MR) is 145 cm³/mol. The van der Waals surface area contributed by atoms with Crippen molar-refractivity contribution in [2.75, 3.05) is 0 Å². The Balaban J connectivity index is 1.52. The SMILES string of the molecule is C[C@H](Cc1ccc(OCc2ccccc2)cc1)C[C@H](O)[C@H](CC1CCCCC1)NC(=O)OC(C)(C)C. The molecule has 3 rings (SSSR count). The average Bonchev–Trinajstić information content (AvgIpc) is 2.83. The highest BCUT2D eigenvalue weighted by Crippen LogP contribution is 2.29. The van der Waals surface area contributed by atoms with Gasteiger partial charge in [-0.1, -0.05) is 81.5 Å². The van der Waals surface area contributed by atoms with E-state index < -0.39 is 17.8 Å². The van der Waals surface area contributed by atoms with Crippen LogP contribution in [0.4, 0.5) is 4.79 Å². The Morgan fingerprint density at radius 2 is 1.67 bits per heavy atom. The minimum absolute atomic E-state index is 0.269. The van der Waals surface area contributed by atoms with Gasteiger partial charge in [-0.25, -0.2) is 4.79 Å². The van der Waals surface area contributed by atoms with Gasteiger partial charge in [-0.2, -0.15) is 0 Å². The minimum Gasteiger partial charge on any atom is -0.489 e. The van der Waals surface area contributed by atoms with Crippen molar-refractivity contribution in [3.63, 3.8) is 0 Å². The molecule has 0 saturated heterocycles. The number of carbonyl (C=O) groups is 1. The molecule has 5 nitrogen and oxygen atoms in total. The van der Waals surface area contributed by atoms with Gasteiger partial charge in [0.05, 0.1) is 12.1 Å². The second kappa shape index (κ2) is 13.7. The van der Waals surface area contributed by atoms with Crippen LogP contribution in [0.25, 0.3) is 0 Å². The summed E-state index contributed by atoms with van der Waals surface area (Å²) in [5.74, 6) is 1.67. The van der Waals surface area contributed by atoms with E-state index >= 15 is 0 Å². The van der Waals surface area contributed by atoms with Gasteiger partial charge in [0.2, 0.25) is 0 Å². The zero-order chi connectivity index (χ0) is 26.0. The molecule has 2 aromatic carbocycles. The molecule has 5 heteroatoms. The molecule has 198 valence electrons. The maximum atomic E-state index is 12.5. The van der Waals surface area contributed by atoms with Crippen LogP contribution in [0, 0.1) is 11.8 Å². The largest absolute Gasteiger partial charge is 0.489 e. The van der Waals surface area contributed by atoms with Gasteiger partial charge in [0, 0.05) is 0 Å². The summed E-state index contributed by atoms with van der Waals surface area (Å²) in [7, 11) is 0. The fourth-order valence-electron chi connectivity index (χ4n) is 5.08. The fourth-order valence-corrected chi connectivity index (χ4v) is 5.08. The number of alkyl carbamates (subject to hydrolysis) is 1. The number of benzene rings is 2. The lowest BCUT2D eigenvalue weighted by Crippen LogP contribution is -2.47. The van der Waals surface area contributed by atoms with E-state index in [4.69, 9.17) is 9.47 Å². The fraction of sp³-hybridized carbons (Fsp3) is 0.581. The molecule has 0 radical (unpaired) electrons. The Labute approximate surface area is 217 Å². The molecule has 0 aliphatic heterocycles. The molecule has 1 fully saturated rings. The van der Waals surface area contributed by atoms with Gasteiger partial charge in [-0.15, -0.1) is 0 Å². The van der Waals surface area contributed by atoms with E-state index in [9.17, 15) is 9.90 Å². The molecule has 36 heavy (non-hydrogen) atoms. The number of amides is 1. The predicted octanol–water partition coefficient (Wildman–Crippen LogP) is 7.06. The molecule has 1 amide bonds. The van der Waals surface area contributed by atoms with Crippen molar-refractivity contribution >= 4 is 6.09 Å². The van der Waals surface area contributed by atoms with Crippen LogP contribution in [0.2, 0.25) is 0 Å². The molecule has 2 N–H and O–H groups in total. The van der Waals surface area contributed by atoms with Gasteiger partial charge in [-0.05, 0) is 75.1 Å². The van der Waals surface area contributed by atoms with Gasteiger partial charge < -0.3 is 19.9 Å².